The maximum absolute atomic E-state index is 10.0. The van der Waals surface area contributed by atoms with Crippen molar-refractivity contribution >= 4 is 0 Å². The monoisotopic (exact) mass is 178 g/mol. The normalized spacial score (nSPS) is 15.5. The summed E-state index contributed by atoms with van der Waals surface area (Å²) in [6.45, 7) is 8.01. The van der Waals surface area contributed by atoms with Crippen LogP contribution in [-0.2, 0) is 5.60 Å². The lowest BCUT2D eigenvalue weighted by atomic mass is 9.91. The van der Waals surface area contributed by atoms with Crippen molar-refractivity contribution in [3.63, 3.8) is 0 Å². The zero-order chi connectivity index (χ0) is 10.1. The lowest BCUT2D eigenvalue weighted by Crippen LogP contribution is -2.19. The lowest BCUT2D eigenvalue weighted by Gasteiger charge is -2.22. The summed E-state index contributed by atoms with van der Waals surface area (Å²) >= 11 is 0. The van der Waals surface area contributed by atoms with Crippen LogP contribution in [0.25, 0.3) is 0 Å². The molecule has 0 amide bonds. The van der Waals surface area contributed by atoms with Crippen molar-refractivity contribution in [2.45, 2.75) is 39.7 Å². The van der Waals surface area contributed by atoms with Crippen LogP contribution in [0.15, 0.2) is 18.2 Å². The van der Waals surface area contributed by atoms with E-state index in [9.17, 15) is 5.11 Å². The van der Waals surface area contributed by atoms with Gasteiger partial charge in [0.1, 0.15) is 0 Å². The highest BCUT2D eigenvalue weighted by atomic mass is 16.3. The molecule has 0 aliphatic rings. The molecule has 0 heterocycles. The predicted molar refractivity (Wildman–Crippen MR) is 55.8 cm³/mol. The summed E-state index contributed by atoms with van der Waals surface area (Å²) in [5, 5.41) is 10.0. The van der Waals surface area contributed by atoms with Crippen LogP contribution in [0.5, 0.6) is 0 Å². The highest BCUT2D eigenvalue weighted by Gasteiger charge is 2.20. The average Bonchev–Trinajstić information content (AvgIpc) is 2.09. The van der Waals surface area contributed by atoms with E-state index in [4.69, 9.17) is 0 Å². The number of hydrogen-bond donors (Lipinski definition) is 1. The van der Waals surface area contributed by atoms with Crippen LogP contribution in [-0.4, -0.2) is 5.11 Å². The Morgan fingerprint density at radius 1 is 1.23 bits per heavy atom. The Hall–Kier alpha value is -0.820. The van der Waals surface area contributed by atoms with Gasteiger partial charge in [-0.15, -0.1) is 0 Å². The first kappa shape index (κ1) is 10.3. The van der Waals surface area contributed by atoms with Gasteiger partial charge in [-0.25, -0.2) is 0 Å². The molecule has 72 valence electrons. The molecule has 0 saturated heterocycles. The van der Waals surface area contributed by atoms with E-state index in [1.807, 2.05) is 19.9 Å². The second-order valence-corrected chi connectivity index (χ2v) is 3.93. The number of benzene rings is 1. The Kier molecular flexibility index (Phi) is 2.77. The third-order valence-corrected chi connectivity index (χ3v) is 2.82. The molecule has 0 aliphatic heterocycles. The van der Waals surface area contributed by atoms with Gasteiger partial charge in [0.25, 0.3) is 0 Å². The van der Waals surface area contributed by atoms with Crippen LogP contribution in [0.2, 0.25) is 0 Å². The number of aliphatic hydroxyl groups is 1. The van der Waals surface area contributed by atoms with Crippen molar-refractivity contribution in [3.8, 4) is 0 Å². The van der Waals surface area contributed by atoms with Crippen molar-refractivity contribution < 1.29 is 5.11 Å². The molecule has 1 N–H and O–H groups in total. The minimum Gasteiger partial charge on any atom is -0.385 e. The van der Waals surface area contributed by atoms with Gasteiger partial charge in [-0.05, 0) is 43.9 Å². The van der Waals surface area contributed by atoms with Gasteiger partial charge < -0.3 is 5.11 Å². The Labute approximate surface area is 80.4 Å². The number of hydrogen-bond acceptors (Lipinski definition) is 1. The molecule has 1 aromatic rings. The summed E-state index contributed by atoms with van der Waals surface area (Å²) in [7, 11) is 0. The van der Waals surface area contributed by atoms with Crippen molar-refractivity contribution in [2.75, 3.05) is 0 Å². The smallest absolute Gasteiger partial charge is 0.0866 e. The van der Waals surface area contributed by atoms with Crippen LogP contribution in [0, 0.1) is 13.8 Å². The van der Waals surface area contributed by atoms with Crippen molar-refractivity contribution in [2.24, 2.45) is 0 Å². The lowest BCUT2D eigenvalue weighted by molar-refractivity contribution is 0.0530. The van der Waals surface area contributed by atoms with Gasteiger partial charge in [0.05, 0.1) is 5.60 Å². The van der Waals surface area contributed by atoms with Crippen LogP contribution in [0.4, 0.5) is 0 Å². The second-order valence-electron chi connectivity index (χ2n) is 3.93. The van der Waals surface area contributed by atoms with Crippen LogP contribution in [0.1, 0.15) is 37.0 Å². The maximum atomic E-state index is 10.0. The van der Waals surface area contributed by atoms with E-state index in [-0.39, 0.29) is 0 Å². The van der Waals surface area contributed by atoms with E-state index < -0.39 is 5.60 Å². The quantitative estimate of drug-likeness (QED) is 0.738. The number of rotatable bonds is 2. The third kappa shape index (κ3) is 2.10. The summed E-state index contributed by atoms with van der Waals surface area (Å²) < 4.78 is 0. The fourth-order valence-electron chi connectivity index (χ4n) is 1.28. The molecule has 0 bridgehead atoms. The molecule has 13 heavy (non-hydrogen) atoms. The molecule has 0 unspecified atom stereocenters. The summed E-state index contributed by atoms with van der Waals surface area (Å²) in [6.07, 6.45) is 0.746. The minimum absolute atomic E-state index is 0.682. The maximum Gasteiger partial charge on any atom is 0.0866 e. The highest BCUT2D eigenvalue weighted by Crippen LogP contribution is 2.25. The summed E-state index contributed by atoms with van der Waals surface area (Å²) in [6, 6.07) is 6.14. The van der Waals surface area contributed by atoms with Crippen molar-refractivity contribution in [3.05, 3.63) is 34.9 Å². The molecule has 0 fully saturated rings. The zero-order valence-corrected chi connectivity index (χ0v) is 8.89. The van der Waals surface area contributed by atoms with Crippen LogP contribution < -0.4 is 0 Å². The Morgan fingerprint density at radius 2 is 1.85 bits per heavy atom. The van der Waals surface area contributed by atoms with Gasteiger partial charge in [0.2, 0.25) is 0 Å². The SMILES string of the molecule is CC[C@@](C)(O)c1ccc(C)c(C)c1. The average molecular weight is 178 g/mol. The van der Waals surface area contributed by atoms with Gasteiger partial charge in [-0.1, -0.05) is 25.1 Å². The van der Waals surface area contributed by atoms with Gasteiger partial charge in [-0.3, -0.25) is 0 Å². The Bertz CT molecular complexity index is 300. The van der Waals surface area contributed by atoms with E-state index in [0.717, 1.165) is 12.0 Å². The molecule has 0 spiro atoms. The van der Waals surface area contributed by atoms with E-state index in [2.05, 4.69) is 26.0 Å². The topological polar surface area (TPSA) is 20.2 Å². The molecule has 0 aromatic heterocycles. The first-order valence-electron chi connectivity index (χ1n) is 4.77. The predicted octanol–water partition coefficient (Wildman–Crippen LogP) is 2.92. The van der Waals surface area contributed by atoms with Crippen LogP contribution >= 0.6 is 0 Å². The minimum atomic E-state index is -0.682. The summed E-state index contributed by atoms with van der Waals surface area (Å²) in [5.41, 5.74) is 2.85. The standard InChI is InChI=1S/C12H18O/c1-5-12(4,13)11-7-6-9(2)10(3)8-11/h6-8,13H,5H2,1-4H3/t12-/m1/s1. The molecule has 0 aliphatic carbocycles. The van der Waals surface area contributed by atoms with Gasteiger partial charge in [0.15, 0.2) is 0 Å². The largest absolute Gasteiger partial charge is 0.385 e. The third-order valence-electron chi connectivity index (χ3n) is 2.82. The van der Waals surface area contributed by atoms with E-state index in [1.165, 1.54) is 11.1 Å². The fourth-order valence-corrected chi connectivity index (χ4v) is 1.28. The molecular weight excluding hydrogens is 160 g/mol. The molecule has 1 rings (SSSR count). The van der Waals surface area contributed by atoms with E-state index >= 15 is 0 Å². The van der Waals surface area contributed by atoms with E-state index in [0.29, 0.717) is 0 Å². The van der Waals surface area contributed by atoms with E-state index in [1.54, 1.807) is 0 Å². The molecule has 1 aromatic carbocycles. The zero-order valence-electron chi connectivity index (χ0n) is 8.89. The molecule has 0 radical (unpaired) electrons. The highest BCUT2D eigenvalue weighted by molar-refractivity contribution is 5.32. The summed E-state index contributed by atoms with van der Waals surface area (Å²) in [4.78, 5) is 0. The van der Waals surface area contributed by atoms with Crippen LogP contribution in [0.3, 0.4) is 0 Å². The molecular formula is C12H18O. The van der Waals surface area contributed by atoms with Gasteiger partial charge >= 0.3 is 0 Å². The van der Waals surface area contributed by atoms with Gasteiger partial charge in [0, 0.05) is 0 Å². The van der Waals surface area contributed by atoms with Gasteiger partial charge in [-0.2, -0.15) is 0 Å². The fraction of sp³-hybridized carbons (Fsp3) is 0.500. The second kappa shape index (κ2) is 3.51. The summed E-state index contributed by atoms with van der Waals surface area (Å²) in [5.74, 6) is 0. The molecule has 1 heteroatoms. The Balaban J connectivity index is 3.10. The Morgan fingerprint density at radius 3 is 2.31 bits per heavy atom. The molecule has 1 nitrogen and oxygen atoms in total. The van der Waals surface area contributed by atoms with Crippen molar-refractivity contribution in [1.82, 2.24) is 0 Å². The number of aryl methyl sites for hydroxylation is 2. The van der Waals surface area contributed by atoms with Crippen molar-refractivity contribution in [1.29, 1.82) is 0 Å². The first-order valence-corrected chi connectivity index (χ1v) is 4.77. The first-order chi connectivity index (χ1) is 5.97. The molecule has 0 saturated carbocycles. The molecule has 1 atom stereocenters.